The van der Waals surface area contributed by atoms with Gasteiger partial charge in [0.2, 0.25) is 0 Å². The number of nitrogens with zero attached hydrogens (tertiary/aromatic N) is 2. The lowest BCUT2D eigenvalue weighted by Crippen LogP contribution is -2.31. The number of anilines is 1. The summed E-state index contributed by atoms with van der Waals surface area (Å²) in [6.07, 6.45) is 1.62. The lowest BCUT2D eigenvalue weighted by molar-refractivity contribution is -0.136. The van der Waals surface area contributed by atoms with E-state index in [4.69, 9.17) is 16.3 Å². The zero-order valence-electron chi connectivity index (χ0n) is 16.8. The number of fused-ring (bicyclic) bond motifs is 1. The Morgan fingerprint density at radius 1 is 1.23 bits per heavy atom. The molecule has 1 aliphatic heterocycles. The van der Waals surface area contributed by atoms with E-state index in [1.165, 1.54) is 18.9 Å². The molecule has 4 rings (SSSR count). The molecule has 0 aliphatic carbocycles. The molecular formula is C22H19ClN4O3S. The first-order valence-electron chi connectivity index (χ1n) is 9.47. The molecule has 0 bridgehead atoms. The Kier molecular flexibility index (Phi) is 6.11. The van der Waals surface area contributed by atoms with E-state index in [0.29, 0.717) is 44.3 Å². The Morgan fingerprint density at radius 3 is 2.71 bits per heavy atom. The third kappa shape index (κ3) is 4.22. The van der Waals surface area contributed by atoms with E-state index in [1.807, 2.05) is 30.3 Å². The second-order valence-corrected chi connectivity index (χ2v) is 8.23. The van der Waals surface area contributed by atoms with Gasteiger partial charge >= 0.3 is 5.97 Å². The molecule has 9 heteroatoms. The minimum Gasteiger partial charge on any atom is -0.466 e. The number of H-pyrrole nitrogens is 1. The summed E-state index contributed by atoms with van der Waals surface area (Å²) in [5.41, 5.74) is 2.38. The molecule has 0 saturated carbocycles. The predicted molar refractivity (Wildman–Crippen MR) is 120 cm³/mol. The van der Waals surface area contributed by atoms with Gasteiger partial charge < -0.3 is 15.0 Å². The van der Waals surface area contributed by atoms with Gasteiger partial charge in [-0.1, -0.05) is 47.6 Å². The van der Waals surface area contributed by atoms with Crippen LogP contribution in [0.5, 0.6) is 0 Å². The van der Waals surface area contributed by atoms with Crippen LogP contribution in [0, 0.1) is 0 Å². The highest BCUT2D eigenvalue weighted by atomic mass is 35.5. The number of carbonyl (C=O) groups is 1. The number of ether oxygens (including phenoxy) is 1. The van der Waals surface area contributed by atoms with Crippen LogP contribution in [0.2, 0.25) is 5.02 Å². The van der Waals surface area contributed by atoms with Crippen LogP contribution in [0.1, 0.15) is 29.7 Å². The number of hydrogen-bond donors (Lipinski definition) is 2. The van der Waals surface area contributed by atoms with Crippen LogP contribution < -0.4 is 10.9 Å². The Morgan fingerprint density at radius 2 is 2.00 bits per heavy atom. The maximum atomic E-state index is 13.1. The number of aromatic amines is 1. The molecule has 3 aromatic rings. The number of allylic oxidation sites excluding steroid dienone is 1. The van der Waals surface area contributed by atoms with Crippen LogP contribution in [-0.4, -0.2) is 28.0 Å². The molecule has 0 saturated heterocycles. The molecule has 7 nitrogen and oxygen atoms in total. The molecule has 0 fully saturated rings. The van der Waals surface area contributed by atoms with E-state index in [2.05, 4.69) is 20.3 Å². The maximum Gasteiger partial charge on any atom is 0.336 e. The van der Waals surface area contributed by atoms with Crippen molar-refractivity contribution >= 4 is 35.1 Å². The number of hydrogen-bond acceptors (Lipinski definition) is 7. The SMILES string of the molecule is COC(=O)C1=C(C)Nc2nc(SCc3ccccc3Cl)[nH]c(=O)c2C1c1ccccn1. The number of halogens is 1. The van der Waals surface area contributed by atoms with Crippen molar-refractivity contribution in [3.63, 3.8) is 0 Å². The minimum absolute atomic E-state index is 0.326. The van der Waals surface area contributed by atoms with Crippen molar-refractivity contribution in [2.45, 2.75) is 23.8 Å². The van der Waals surface area contributed by atoms with Crippen LogP contribution in [-0.2, 0) is 15.3 Å². The van der Waals surface area contributed by atoms with Gasteiger partial charge in [-0.2, -0.15) is 0 Å². The third-order valence-electron chi connectivity index (χ3n) is 4.93. The van der Waals surface area contributed by atoms with Crippen molar-refractivity contribution in [3.05, 3.63) is 92.1 Å². The molecule has 1 aromatic carbocycles. The Hall–Kier alpha value is -3.10. The van der Waals surface area contributed by atoms with E-state index in [9.17, 15) is 9.59 Å². The molecule has 31 heavy (non-hydrogen) atoms. The highest BCUT2D eigenvalue weighted by molar-refractivity contribution is 7.98. The number of benzene rings is 1. The first-order chi connectivity index (χ1) is 15.0. The Bertz CT molecular complexity index is 1230. The minimum atomic E-state index is -0.691. The van der Waals surface area contributed by atoms with E-state index in [1.54, 1.807) is 25.3 Å². The first-order valence-corrected chi connectivity index (χ1v) is 10.8. The smallest absolute Gasteiger partial charge is 0.336 e. The average Bonchev–Trinajstić information content (AvgIpc) is 2.77. The summed E-state index contributed by atoms with van der Waals surface area (Å²) in [6.45, 7) is 1.75. The predicted octanol–water partition coefficient (Wildman–Crippen LogP) is 4.12. The fourth-order valence-electron chi connectivity index (χ4n) is 3.48. The number of methoxy groups -OCH3 is 1. The van der Waals surface area contributed by atoms with Gasteiger partial charge in [0.1, 0.15) is 5.82 Å². The standard InChI is InChI=1S/C22H19ClN4O3S/c1-12-16(21(29)30-2)17(15-9-5-6-10-24-15)18-19(25-12)26-22(27-20(18)28)31-11-13-7-3-4-8-14(13)23/h3-10,17H,11H2,1-2H3,(H2,25,26,27,28). The van der Waals surface area contributed by atoms with Crippen LogP contribution in [0.25, 0.3) is 0 Å². The van der Waals surface area contributed by atoms with Gasteiger partial charge in [-0.25, -0.2) is 9.78 Å². The Labute approximate surface area is 187 Å². The van der Waals surface area contributed by atoms with Gasteiger partial charge in [0.15, 0.2) is 5.16 Å². The number of rotatable bonds is 5. The van der Waals surface area contributed by atoms with Crippen molar-refractivity contribution in [1.82, 2.24) is 15.0 Å². The number of esters is 1. The molecule has 1 unspecified atom stereocenters. The monoisotopic (exact) mass is 454 g/mol. The highest BCUT2D eigenvalue weighted by Crippen LogP contribution is 2.39. The second-order valence-electron chi connectivity index (χ2n) is 6.86. The summed E-state index contributed by atoms with van der Waals surface area (Å²) in [4.78, 5) is 37.5. The van der Waals surface area contributed by atoms with Crippen LogP contribution in [0.3, 0.4) is 0 Å². The van der Waals surface area contributed by atoms with Crippen LogP contribution in [0.4, 0.5) is 5.82 Å². The summed E-state index contributed by atoms with van der Waals surface area (Å²) in [5, 5.41) is 4.20. The van der Waals surface area contributed by atoms with E-state index in [0.717, 1.165) is 5.56 Å². The van der Waals surface area contributed by atoms with Crippen molar-refractivity contribution < 1.29 is 9.53 Å². The van der Waals surface area contributed by atoms with Gasteiger partial charge in [-0.3, -0.25) is 9.78 Å². The number of nitrogens with one attached hydrogen (secondary N) is 2. The molecule has 158 valence electrons. The summed E-state index contributed by atoms with van der Waals surface area (Å²) in [5.74, 6) is -0.273. The zero-order chi connectivity index (χ0) is 22.0. The van der Waals surface area contributed by atoms with Crippen LogP contribution >= 0.6 is 23.4 Å². The summed E-state index contributed by atoms with van der Waals surface area (Å²) in [6, 6.07) is 12.9. The molecule has 0 spiro atoms. The van der Waals surface area contributed by atoms with Gasteiger partial charge in [0.25, 0.3) is 5.56 Å². The molecule has 2 aromatic heterocycles. The van der Waals surface area contributed by atoms with E-state index < -0.39 is 11.9 Å². The molecule has 1 aliphatic rings. The largest absolute Gasteiger partial charge is 0.466 e. The fourth-order valence-corrected chi connectivity index (χ4v) is 4.63. The number of carbonyl (C=O) groups excluding carboxylic acids is 1. The van der Waals surface area contributed by atoms with Crippen molar-refractivity contribution in [3.8, 4) is 0 Å². The molecular weight excluding hydrogens is 436 g/mol. The van der Waals surface area contributed by atoms with Crippen LogP contribution in [0.15, 0.2) is 69.9 Å². The maximum absolute atomic E-state index is 13.1. The summed E-state index contributed by atoms with van der Waals surface area (Å²) in [7, 11) is 1.31. The number of pyridine rings is 1. The second kappa shape index (κ2) is 8.95. The van der Waals surface area contributed by atoms with Gasteiger partial charge in [-0.15, -0.1) is 0 Å². The molecule has 1 atom stereocenters. The third-order valence-corrected chi connectivity index (χ3v) is 6.22. The van der Waals surface area contributed by atoms with Crippen molar-refractivity contribution in [2.75, 3.05) is 12.4 Å². The highest BCUT2D eigenvalue weighted by Gasteiger charge is 2.36. The quantitative estimate of drug-likeness (QED) is 0.340. The Balaban J connectivity index is 1.76. The van der Waals surface area contributed by atoms with Gasteiger partial charge in [0.05, 0.1) is 29.9 Å². The summed E-state index contributed by atoms with van der Waals surface area (Å²) >= 11 is 7.60. The molecule has 3 heterocycles. The van der Waals surface area contributed by atoms with Gasteiger partial charge in [0, 0.05) is 22.7 Å². The molecule has 2 N–H and O–H groups in total. The zero-order valence-corrected chi connectivity index (χ0v) is 18.4. The van der Waals surface area contributed by atoms with Gasteiger partial charge in [-0.05, 0) is 30.7 Å². The first kappa shape index (κ1) is 21.1. The molecule has 0 radical (unpaired) electrons. The fraction of sp³-hybridized carbons (Fsp3) is 0.182. The van der Waals surface area contributed by atoms with Crippen molar-refractivity contribution in [1.29, 1.82) is 0 Å². The van der Waals surface area contributed by atoms with E-state index >= 15 is 0 Å². The van der Waals surface area contributed by atoms with Crippen molar-refractivity contribution in [2.24, 2.45) is 0 Å². The lowest BCUT2D eigenvalue weighted by Gasteiger charge is -2.27. The average molecular weight is 455 g/mol. The number of thioether (sulfide) groups is 1. The molecule has 0 amide bonds. The topological polar surface area (TPSA) is 97.0 Å². The lowest BCUT2D eigenvalue weighted by atomic mass is 9.85. The van der Waals surface area contributed by atoms with E-state index in [-0.39, 0.29) is 5.56 Å². The summed E-state index contributed by atoms with van der Waals surface area (Å²) < 4.78 is 4.98. The number of aromatic nitrogens is 3. The normalized spacial score (nSPS) is 15.3.